The van der Waals surface area contributed by atoms with Gasteiger partial charge in [0, 0.05) is 25.8 Å². The topological polar surface area (TPSA) is 97.3 Å². The van der Waals surface area contributed by atoms with E-state index in [1.165, 1.54) is 12.0 Å². The number of methoxy groups -OCH3 is 2. The Balaban J connectivity index is 1.91. The number of rotatable bonds is 10. The van der Waals surface area contributed by atoms with Crippen molar-refractivity contribution in [3.8, 4) is 11.5 Å². The molecule has 0 saturated carbocycles. The fraction of sp³-hybridized carbons (Fsp3) is 0.333. The number of ether oxygens (including phenoxy) is 3. The van der Waals surface area contributed by atoms with Crippen molar-refractivity contribution in [2.45, 2.75) is 19.5 Å². The van der Waals surface area contributed by atoms with Crippen molar-refractivity contribution in [1.82, 2.24) is 10.2 Å². The molecule has 2 N–H and O–H groups in total. The molecule has 32 heavy (non-hydrogen) atoms. The van der Waals surface area contributed by atoms with Crippen LogP contribution < -0.4 is 14.8 Å². The summed E-state index contributed by atoms with van der Waals surface area (Å²) >= 11 is 0. The molecule has 0 aliphatic carbocycles. The number of carbonyl (C=O) groups excluding carboxylic acids is 2. The van der Waals surface area contributed by atoms with Crippen molar-refractivity contribution in [2.75, 3.05) is 34.0 Å². The molecule has 8 nitrogen and oxygen atoms in total. The average Bonchev–Trinajstić information content (AvgIpc) is 3.07. The first-order chi connectivity index (χ1) is 15.5. The van der Waals surface area contributed by atoms with Crippen LogP contribution in [-0.2, 0) is 20.9 Å². The van der Waals surface area contributed by atoms with E-state index in [-0.39, 0.29) is 25.3 Å². The molecule has 1 atom stereocenters. The molecular formula is C24H28N2O6. The van der Waals surface area contributed by atoms with Crippen molar-refractivity contribution in [2.24, 2.45) is 0 Å². The van der Waals surface area contributed by atoms with Crippen LogP contribution in [0.25, 0.3) is 0 Å². The van der Waals surface area contributed by atoms with E-state index >= 15 is 0 Å². The van der Waals surface area contributed by atoms with Crippen molar-refractivity contribution in [1.29, 1.82) is 0 Å². The van der Waals surface area contributed by atoms with E-state index in [1.807, 2.05) is 25.1 Å². The summed E-state index contributed by atoms with van der Waals surface area (Å²) in [5.74, 6) is -0.450. The van der Waals surface area contributed by atoms with Crippen molar-refractivity contribution >= 4 is 11.8 Å². The van der Waals surface area contributed by atoms with Crippen LogP contribution in [0.1, 0.15) is 24.1 Å². The minimum atomic E-state index is -0.795. The van der Waals surface area contributed by atoms with Gasteiger partial charge in [0.25, 0.3) is 11.8 Å². The predicted octanol–water partition coefficient (Wildman–Crippen LogP) is 2.75. The van der Waals surface area contributed by atoms with Crippen LogP contribution in [0, 0.1) is 0 Å². The summed E-state index contributed by atoms with van der Waals surface area (Å²) in [5, 5.41) is 13.5. The van der Waals surface area contributed by atoms with Gasteiger partial charge in [0.15, 0.2) is 5.76 Å². The summed E-state index contributed by atoms with van der Waals surface area (Å²) in [5.41, 5.74) is 1.47. The van der Waals surface area contributed by atoms with Gasteiger partial charge in [0.1, 0.15) is 11.5 Å². The molecule has 0 saturated heterocycles. The molecule has 3 rings (SSSR count). The third-order valence-electron chi connectivity index (χ3n) is 5.21. The van der Waals surface area contributed by atoms with Crippen LogP contribution in [0.3, 0.4) is 0 Å². The molecule has 0 bridgehead atoms. The van der Waals surface area contributed by atoms with Crippen LogP contribution in [0.4, 0.5) is 0 Å². The highest BCUT2D eigenvalue weighted by Crippen LogP contribution is 2.41. The number of benzene rings is 2. The van der Waals surface area contributed by atoms with E-state index in [9.17, 15) is 14.7 Å². The fourth-order valence-electron chi connectivity index (χ4n) is 3.64. The molecule has 0 radical (unpaired) electrons. The summed E-state index contributed by atoms with van der Waals surface area (Å²) in [6, 6.07) is 13.7. The molecule has 2 aromatic carbocycles. The predicted molar refractivity (Wildman–Crippen MR) is 118 cm³/mol. The third-order valence-corrected chi connectivity index (χ3v) is 5.21. The number of amides is 2. The van der Waals surface area contributed by atoms with Gasteiger partial charge in [-0.25, -0.2) is 0 Å². The quantitative estimate of drug-likeness (QED) is 0.590. The van der Waals surface area contributed by atoms with Gasteiger partial charge in [0.05, 0.1) is 31.9 Å². The number of nitrogens with one attached hydrogen (secondary N) is 1. The number of nitrogens with zero attached hydrogens (tertiary/aromatic N) is 1. The van der Waals surface area contributed by atoms with E-state index in [0.29, 0.717) is 23.7 Å². The number of carbonyl (C=O) groups is 2. The van der Waals surface area contributed by atoms with Crippen LogP contribution in [-0.4, -0.2) is 55.8 Å². The lowest BCUT2D eigenvalue weighted by Crippen LogP contribution is -2.35. The number of para-hydroxylation sites is 1. The van der Waals surface area contributed by atoms with Gasteiger partial charge in [-0.15, -0.1) is 0 Å². The maximum absolute atomic E-state index is 13.2. The van der Waals surface area contributed by atoms with Crippen molar-refractivity contribution in [3.05, 3.63) is 71.0 Å². The summed E-state index contributed by atoms with van der Waals surface area (Å²) < 4.78 is 16.0. The van der Waals surface area contributed by atoms with Gasteiger partial charge in [0.2, 0.25) is 0 Å². The molecule has 8 heteroatoms. The Morgan fingerprint density at radius 2 is 1.84 bits per heavy atom. The molecule has 0 fully saturated rings. The molecule has 0 spiro atoms. The largest absolute Gasteiger partial charge is 0.503 e. The first-order valence-electron chi connectivity index (χ1n) is 10.4. The van der Waals surface area contributed by atoms with E-state index < -0.39 is 23.6 Å². The smallest absolute Gasteiger partial charge is 0.290 e. The Hall–Kier alpha value is -3.52. The highest BCUT2D eigenvalue weighted by Gasteiger charge is 2.44. The SMILES string of the molecule is CCOc1ccccc1C1C(C(=O)NCc2ccc(OC)cc2)=C(O)C(=O)N1CCOC. The number of hydrogen-bond acceptors (Lipinski definition) is 6. The van der Waals surface area contributed by atoms with Crippen LogP contribution >= 0.6 is 0 Å². The molecule has 170 valence electrons. The summed E-state index contributed by atoms with van der Waals surface area (Å²) in [6.45, 7) is 2.97. The number of aliphatic hydroxyl groups excluding tert-OH is 1. The summed E-state index contributed by atoms with van der Waals surface area (Å²) in [4.78, 5) is 27.4. The van der Waals surface area contributed by atoms with Crippen LogP contribution in [0.5, 0.6) is 11.5 Å². The Morgan fingerprint density at radius 1 is 1.12 bits per heavy atom. The van der Waals surface area contributed by atoms with E-state index in [2.05, 4.69) is 5.32 Å². The van der Waals surface area contributed by atoms with E-state index in [4.69, 9.17) is 14.2 Å². The van der Waals surface area contributed by atoms with Gasteiger partial charge in [-0.3, -0.25) is 9.59 Å². The lowest BCUT2D eigenvalue weighted by Gasteiger charge is -2.28. The molecule has 1 aliphatic rings. The maximum atomic E-state index is 13.2. The molecular weight excluding hydrogens is 412 g/mol. The second-order valence-corrected chi connectivity index (χ2v) is 7.16. The summed E-state index contributed by atoms with van der Waals surface area (Å²) in [7, 11) is 3.11. The highest BCUT2D eigenvalue weighted by molar-refractivity contribution is 6.08. The maximum Gasteiger partial charge on any atom is 0.290 e. The average molecular weight is 440 g/mol. The first kappa shape index (κ1) is 23.1. The Morgan fingerprint density at radius 3 is 2.50 bits per heavy atom. The summed E-state index contributed by atoms with van der Waals surface area (Å²) in [6.07, 6.45) is 0. The second kappa shape index (κ2) is 10.7. The van der Waals surface area contributed by atoms with Crippen LogP contribution in [0.2, 0.25) is 0 Å². The van der Waals surface area contributed by atoms with Gasteiger partial charge in [-0.05, 0) is 30.7 Å². The van der Waals surface area contributed by atoms with E-state index in [0.717, 1.165) is 5.56 Å². The van der Waals surface area contributed by atoms with Crippen LogP contribution in [0.15, 0.2) is 59.9 Å². The third kappa shape index (κ3) is 4.86. The standard InChI is InChI=1S/C24H28N2O6/c1-4-32-19-8-6-5-7-18(19)21-20(22(27)24(29)26(21)13-14-30-2)23(28)25-15-16-9-11-17(31-3)12-10-16/h5-12,21,27H,4,13-15H2,1-3H3,(H,25,28). The van der Waals surface area contributed by atoms with Gasteiger partial charge < -0.3 is 29.5 Å². The Bertz CT molecular complexity index is 986. The molecule has 0 aromatic heterocycles. The minimum Gasteiger partial charge on any atom is -0.503 e. The molecule has 2 amide bonds. The molecule has 1 heterocycles. The first-order valence-corrected chi connectivity index (χ1v) is 10.4. The lowest BCUT2D eigenvalue weighted by molar-refractivity contribution is -0.130. The van der Waals surface area contributed by atoms with Gasteiger partial charge in [-0.1, -0.05) is 30.3 Å². The normalized spacial score (nSPS) is 15.8. The fourth-order valence-corrected chi connectivity index (χ4v) is 3.64. The van der Waals surface area contributed by atoms with Gasteiger partial charge >= 0.3 is 0 Å². The van der Waals surface area contributed by atoms with Crippen molar-refractivity contribution in [3.63, 3.8) is 0 Å². The molecule has 1 aliphatic heterocycles. The Labute approximate surface area is 187 Å². The zero-order chi connectivity index (χ0) is 23.1. The van der Waals surface area contributed by atoms with Gasteiger partial charge in [-0.2, -0.15) is 0 Å². The van der Waals surface area contributed by atoms with Crippen molar-refractivity contribution < 1.29 is 28.9 Å². The molecule has 2 aromatic rings. The zero-order valence-electron chi connectivity index (χ0n) is 18.5. The lowest BCUT2D eigenvalue weighted by atomic mass is 9.97. The number of aliphatic hydroxyl groups is 1. The highest BCUT2D eigenvalue weighted by atomic mass is 16.5. The zero-order valence-corrected chi connectivity index (χ0v) is 18.5. The second-order valence-electron chi connectivity index (χ2n) is 7.16. The monoisotopic (exact) mass is 440 g/mol. The van der Waals surface area contributed by atoms with E-state index in [1.54, 1.807) is 37.4 Å². The Kier molecular flexibility index (Phi) is 7.72. The number of hydrogen-bond donors (Lipinski definition) is 2. The minimum absolute atomic E-state index is 0.00762. The molecule has 1 unspecified atom stereocenters.